The maximum atomic E-state index is 9.10. The zero-order valence-electron chi connectivity index (χ0n) is 11.2. The maximum absolute atomic E-state index is 9.10. The van der Waals surface area contributed by atoms with Gasteiger partial charge in [-0.15, -0.1) is 0 Å². The second kappa shape index (κ2) is 6.54. The number of allylic oxidation sites excluding steroid dienone is 2. The molecule has 0 fully saturated rings. The molecule has 0 heterocycles. The second-order valence-corrected chi connectivity index (χ2v) is 5.55. The first-order chi connectivity index (χ1) is 7.55. The Kier molecular flexibility index (Phi) is 6.41. The molecule has 0 bridgehead atoms. The molecule has 0 aliphatic heterocycles. The molecule has 100 valence electrons. The van der Waals surface area contributed by atoms with E-state index in [2.05, 4.69) is 0 Å². The van der Waals surface area contributed by atoms with E-state index in [0.29, 0.717) is 0 Å². The number of rotatable bonds is 2. The minimum atomic E-state index is -1.15. The molecule has 4 N–H and O–H groups in total. The van der Waals surface area contributed by atoms with Crippen LogP contribution in [0.3, 0.4) is 0 Å². The van der Waals surface area contributed by atoms with Crippen LogP contribution < -0.4 is 0 Å². The largest absolute Gasteiger partial charge is 0.458 e. The average Bonchev–Trinajstić information content (AvgIpc) is 2.17. The van der Waals surface area contributed by atoms with E-state index in [4.69, 9.17) is 20.3 Å². The third-order valence-corrected chi connectivity index (χ3v) is 3.17. The molecule has 4 nitrogen and oxygen atoms in total. The lowest BCUT2D eigenvalue weighted by molar-refractivity contribution is -0.107. The topological polar surface area (TPSA) is 80.9 Å². The molecule has 0 aromatic carbocycles. The summed E-state index contributed by atoms with van der Waals surface area (Å²) in [7, 11) is -1.15. The van der Waals surface area contributed by atoms with E-state index in [1.54, 1.807) is 27.7 Å². The van der Waals surface area contributed by atoms with E-state index in [0.717, 1.165) is 19.3 Å². The van der Waals surface area contributed by atoms with Gasteiger partial charge >= 0.3 is 7.12 Å². The van der Waals surface area contributed by atoms with E-state index in [1.807, 2.05) is 12.2 Å². The van der Waals surface area contributed by atoms with Crippen molar-refractivity contribution in [2.24, 2.45) is 0 Å². The van der Waals surface area contributed by atoms with Crippen molar-refractivity contribution in [3.63, 3.8) is 0 Å². The highest BCUT2D eigenvalue weighted by atomic mass is 16.4. The zero-order chi connectivity index (χ0) is 13.7. The standard InChI is InChI=1S/C6H11BO2.C6H14O2/c8-7(9)6-4-2-1-3-5-6;1-5(2,7)6(3,4)8/h2,4,6,8-9H,1,3,5H2;7-8H,1-4H3. The summed E-state index contributed by atoms with van der Waals surface area (Å²) in [6.45, 7) is 6.31. The third kappa shape index (κ3) is 6.83. The molecule has 0 saturated heterocycles. The molecule has 17 heavy (non-hydrogen) atoms. The number of hydrogen-bond donors (Lipinski definition) is 4. The molecule has 0 amide bonds. The summed E-state index contributed by atoms with van der Waals surface area (Å²) < 4.78 is 0. The Hall–Kier alpha value is -0.355. The molecule has 0 spiro atoms. The Balaban J connectivity index is 0.000000304. The van der Waals surface area contributed by atoms with Gasteiger partial charge in [-0.25, -0.2) is 0 Å². The van der Waals surface area contributed by atoms with Gasteiger partial charge in [0.05, 0.1) is 11.2 Å². The van der Waals surface area contributed by atoms with Crippen molar-refractivity contribution in [2.75, 3.05) is 0 Å². The molecule has 5 heteroatoms. The van der Waals surface area contributed by atoms with Crippen molar-refractivity contribution in [2.45, 2.75) is 64.0 Å². The first-order valence-corrected chi connectivity index (χ1v) is 6.03. The van der Waals surface area contributed by atoms with Crippen LogP contribution in [-0.2, 0) is 0 Å². The first kappa shape index (κ1) is 16.6. The predicted molar refractivity (Wildman–Crippen MR) is 69.5 cm³/mol. The Morgan fingerprint density at radius 1 is 1.06 bits per heavy atom. The summed E-state index contributed by atoms with van der Waals surface area (Å²) in [5.74, 6) is -0.0150. The van der Waals surface area contributed by atoms with Gasteiger partial charge in [-0.3, -0.25) is 0 Å². The summed E-state index contributed by atoms with van der Waals surface area (Å²) in [4.78, 5) is 0. The van der Waals surface area contributed by atoms with Gasteiger partial charge in [0.25, 0.3) is 0 Å². The van der Waals surface area contributed by atoms with E-state index in [1.165, 1.54) is 0 Å². The van der Waals surface area contributed by atoms with Crippen LogP contribution in [0.2, 0.25) is 5.82 Å². The molecule has 1 aliphatic rings. The third-order valence-electron chi connectivity index (χ3n) is 3.17. The minimum absolute atomic E-state index is 0.0150. The van der Waals surface area contributed by atoms with Gasteiger partial charge in [-0.05, 0) is 47.0 Å². The monoisotopic (exact) mass is 244 g/mol. The number of hydrogen-bond acceptors (Lipinski definition) is 4. The molecule has 0 radical (unpaired) electrons. The summed E-state index contributed by atoms with van der Waals surface area (Å²) in [6, 6.07) is 0. The van der Waals surface area contributed by atoms with Crippen LogP contribution in [0.5, 0.6) is 0 Å². The van der Waals surface area contributed by atoms with Crippen LogP contribution in [0.15, 0.2) is 12.2 Å². The van der Waals surface area contributed by atoms with Crippen molar-refractivity contribution in [3.8, 4) is 0 Å². The molecule has 0 aromatic heterocycles. The summed E-state index contributed by atoms with van der Waals surface area (Å²) in [5, 5.41) is 35.6. The lowest BCUT2D eigenvalue weighted by atomic mass is 9.68. The predicted octanol–water partition coefficient (Wildman–Crippen LogP) is 1.10. The van der Waals surface area contributed by atoms with Gasteiger partial charge in [-0.1, -0.05) is 12.2 Å². The zero-order valence-corrected chi connectivity index (χ0v) is 11.2. The SMILES string of the molecule is CC(C)(O)C(C)(C)O.OB(O)C1C=CCCC1. The number of aliphatic hydroxyl groups is 2. The van der Waals surface area contributed by atoms with Gasteiger partial charge in [0.1, 0.15) is 0 Å². The molecule has 1 rings (SSSR count). The summed E-state index contributed by atoms with van der Waals surface area (Å²) >= 11 is 0. The van der Waals surface area contributed by atoms with Gasteiger partial charge in [0, 0.05) is 5.82 Å². The van der Waals surface area contributed by atoms with Crippen LogP contribution in [-0.4, -0.2) is 38.6 Å². The van der Waals surface area contributed by atoms with E-state index in [9.17, 15) is 0 Å². The molecule has 1 atom stereocenters. The maximum Gasteiger partial charge on any atom is 0.458 e. The fraction of sp³-hybridized carbons (Fsp3) is 0.833. The lowest BCUT2D eigenvalue weighted by Gasteiger charge is -2.31. The van der Waals surface area contributed by atoms with Crippen molar-refractivity contribution in [1.82, 2.24) is 0 Å². The van der Waals surface area contributed by atoms with Crippen molar-refractivity contribution >= 4 is 7.12 Å². The van der Waals surface area contributed by atoms with Gasteiger partial charge in [-0.2, -0.15) is 0 Å². The fourth-order valence-electron chi connectivity index (χ4n) is 1.09. The quantitative estimate of drug-likeness (QED) is 0.433. The van der Waals surface area contributed by atoms with Gasteiger partial charge in [0.2, 0.25) is 0 Å². The average molecular weight is 244 g/mol. The highest BCUT2D eigenvalue weighted by Crippen LogP contribution is 2.22. The van der Waals surface area contributed by atoms with Crippen LogP contribution in [0.4, 0.5) is 0 Å². The molecule has 1 unspecified atom stereocenters. The Labute approximate surface area is 104 Å². The second-order valence-electron chi connectivity index (χ2n) is 5.55. The summed E-state index contributed by atoms with van der Waals surface area (Å²) in [6.07, 6.45) is 6.97. The normalized spacial score (nSPS) is 20.6. The summed E-state index contributed by atoms with van der Waals surface area (Å²) in [5.41, 5.74) is -2.01. The molecular weight excluding hydrogens is 219 g/mol. The lowest BCUT2D eigenvalue weighted by Crippen LogP contribution is -2.44. The molecule has 1 aliphatic carbocycles. The van der Waals surface area contributed by atoms with Crippen LogP contribution >= 0.6 is 0 Å². The Morgan fingerprint density at radius 3 is 1.71 bits per heavy atom. The Morgan fingerprint density at radius 2 is 1.53 bits per heavy atom. The van der Waals surface area contributed by atoms with E-state index in [-0.39, 0.29) is 5.82 Å². The van der Waals surface area contributed by atoms with Gasteiger partial charge < -0.3 is 20.3 Å². The Bertz CT molecular complexity index is 226. The van der Waals surface area contributed by atoms with Crippen LogP contribution in [0.25, 0.3) is 0 Å². The highest BCUT2D eigenvalue weighted by Gasteiger charge is 2.31. The molecular formula is C12H25BO4. The minimum Gasteiger partial charge on any atom is -0.427 e. The fourth-order valence-corrected chi connectivity index (χ4v) is 1.09. The van der Waals surface area contributed by atoms with Crippen LogP contribution in [0.1, 0.15) is 47.0 Å². The first-order valence-electron chi connectivity index (χ1n) is 6.03. The molecule has 0 aromatic rings. The van der Waals surface area contributed by atoms with Crippen molar-refractivity contribution in [3.05, 3.63) is 12.2 Å². The van der Waals surface area contributed by atoms with E-state index < -0.39 is 18.3 Å². The van der Waals surface area contributed by atoms with Gasteiger partial charge in [0.15, 0.2) is 0 Å². The van der Waals surface area contributed by atoms with Crippen molar-refractivity contribution in [1.29, 1.82) is 0 Å². The van der Waals surface area contributed by atoms with Crippen molar-refractivity contribution < 1.29 is 20.3 Å². The molecule has 0 saturated carbocycles. The van der Waals surface area contributed by atoms with E-state index >= 15 is 0 Å². The highest BCUT2D eigenvalue weighted by molar-refractivity contribution is 6.43. The van der Waals surface area contributed by atoms with Crippen LogP contribution in [0, 0.1) is 0 Å². The smallest absolute Gasteiger partial charge is 0.427 e.